The summed E-state index contributed by atoms with van der Waals surface area (Å²) in [6.07, 6.45) is 3.73. The number of hydrogen-bond acceptors (Lipinski definition) is 3. The summed E-state index contributed by atoms with van der Waals surface area (Å²) in [7, 11) is 0. The van der Waals surface area contributed by atoms with Crippen molar-refractivity contribution < 1.29 is 0 Å². The molecular weight excluding hydrogens is 264 g/mol. The predicted molar refractivity (Wildman–Crippen MR) is 87.4 cm³/mol. The number of rotatable bonds is 7. The molecule has 1 aliphatic rings. The van der Waals surface area contributed by atoms with E-state index < -0.39 is 0 Å². The monoisotopic (exact) mass is 288 g/mol. The topological polar surface area (TPSA) is 27.0 Å². The van der Waals surface area contributed by atoms with Gasteiger partial charge in [0.1, 0.15) is 6.07 Å². The Kier molecular flexibility index (Phi) is 5.37. The van der Waals surface area contributed by atoms with Crippen LogP contribution < -0.4 is 4.90 Å². The van der Waals surface area contributed by atoms with E-state index in [1.165, 1.54) is 19.3 Å². The van der Waals surface area contributed by atoms with Gasteiger partial charge in [0.15, 0.2) is 0 Å². The molecule has 1 aromatic carbocycles. The van der Waals surface area contributed by atoms with Crippen molar-refractivity contribution in [3.8, 4) is 6.07 Å². The first-order valence-electron chi connectivity index (χ1n) is 7.60. The van der Waals surface area contributed by atoms with Crippen LogP contribution in [-0.2, 0) is 0 Å². The second-order valence-electron chi connectivity index (χ2n) is 5.80. The number of hydrogen-bond donors (Lipinski definition) is 0. The van der Waals surface area contributed by atoms with Gasteiger partial charge in [-0.25, -0.2) is 0 Å². The van der Waals surface area contributed by atoms with Crippen LogP contribution in [0.3, 0.4) is 0 Å². The molecule has 108 valence electrons. The van der Waals surface area contributed by atoms with Gasteiger partial charge >= 0.3 is 0 Å². The van der Waals surface area contributed by atoms with Crippen molar-refractivity contribution >= 4 is 17.4 Å². The minimum absolute atomic E-state index is 0.655. The van der Waals surface area contributed by atoms with Crippen LogP contribution in [0, 0.1) is 17.2 Å². The highest BCUT2D eigenvalue weighted by Crippen LogP contribution is 2.37. The molecule has 0 unspecified atom stereocenters. The lowest BCUT2D eigenvalue weighted by Crippen LogP contribution is -2.28. The van der Waals surface area contributed by atoms with Crippen molar-refractivity contribution in [2.75, 3.05) is 17.2 Å². The molecule has 0 radical (unpaired) electrons. The molecule has 0 N–H and O–H groups in total. The van der Waals surface area contributed by atoms with E-state index in [2.05, 4.69) is 49.9 Å². The van der Waals surface area contributed by atoms with Crippen LogP contribution in [0.4, 0.5) is 5.69 Å². The molecule has 0 spiro atoms. The maximum Gasteiger partial charge on any atom is 0.103 e. The average Bonchev–Trinajstić information content (AvgIpc) is 3.24. The minimum atomic E-state index is 0.655. The minimum Gasteiger partial charge on any atom is -0.367 e. The third-order valence-corrected chi connectivity index (χ3v) is 4.60. The van der Waals surface area contributed by atoms with Crippen molar-refractivity contribution in [3.63, 3.8) is 0 Å². The molecule has 0 aromatic heterocycles. The lowest BCUT2D eigenvalue weighted by Gasteiger charge is -2.27. The average molecular weight is 288 g/mol. The second-order valence-corrected chi connectivity index (χ2v) is 7.11. The Balaban J connectivity index is 2.28. The van der Waals surface area contributed by atoms with Crippen LogP contribution in [0.2, 0.25) is 0 Å². The summed E-state index contributed by atoms with van der Waals surface area (Å²) in [6, 6.07) is 9.38. The first-order valence-corrected chi connectivity index (χ1v) is 8.58. The largest absolute Gasteiger partial charge is 0.367 e. The molecule has 0 bridgehead atoms. The molecule has 0 amide bonds. The predicted octanol–water partition coefficient (Wildman–Crippen LogP) is 4.69. The number of benzene rings is 1. The highest BCUT2D eigenvalue weighted by molar-refractivity contribution is 7.99. The molecule has 0 aliphatic heterocycles. The molecule has 1 fully saturated rings. The Morgan fingerprint density at radius 2 is 2.15 bits per heavy atom. The normalized spacial score (nSPS) is 14.3. The van der Waals surface area contributed by atoms with E-state index >= 15 is 0 Å². The lowest BCUT2D eigenvalue weighted by atomic mass is 10.1. The Hall–Kier alpha value is -1.14. The summed E-state index contributed by atoms with van der Waals surface area (Å²) in [6.45, 7) is 7.73. The van der Waals surface area contributed by atoms with Crippen LogP contribution in [0.5, 0.6) is 0 Å². The molecule has 0 atom stereocenters. The van der Waals surface area contributed by atoms with Gasteiger partial charge in [0.05, 0.1) is 11.3 Å². The van der Waals surface area contributed by atoms with Gasteiger partial charge in [0.25, 0.3) is 0 Å². The summed E-state index contributed by atoms with van der Waals surface area (Å²) < 4.78 is 0. The van der Waals surface area contributed by atoms with Gasteiger partial charge in [-0.2, -0.15) is 5.26 Å². The number of nitriles is 1. The van der Waals surface area contributed by atoms with Crippen molar-refractivity contribution in [2.45, 2.75) is 51.0 Å². The molecule has 0 saturated heterocycles. The third-order valence-electron chi connectivity index (χ3n) is 3.66. The first-order chi connectivity index (χ1) is 9.67. The molecule has 0 heterocycles. The van der Waals surface area contributed by atoms with E-state index in [0.29, 0.717) is 12.0 Å². The van der Waals surface area contributed by atoms with E-state index in [1.54, 1.807) is 11.8 Å². The fraction of sp³-hybridized carbons (Fsp3) is 0.588. The fourth-order valence-corrected chi connectivity index (χ4v) is 3.21. The highest BCUT2D eigenvalue weighted by atomic mass is 32.2. The number of nitrogens with zero attached hydrogens (tertiary/aromatic N) is 2. The molecule has 1 aromatic rings. The third kappa shape index (κ3) is 3.70. The Morgan fingerprint density at radius 1 is 1.40 bits per heavy atom. The number of thioether (sulfide) groups is 1. The van der Waals surface area contributed by atoms with Crippen molar-refractivity contribution in [2.24, 2.45) is 5.92 Å². The van der Waals surface area contributed by atoms with Gasteiger partial charge in [0, 0.05) is 17.5 Å². The Morgan fingerprint density at radius 3 is 2.70 bits per heavy atom. The summed E-state index contributed by atoms with van der Waals surface area (Å²) in [5.41, 5.74) is 2.02. The van der Waals surface area contributed by atoms with E-state index in [0.717, 1.165) is 28.4 Å². The van der Waals surface area contributed by atoms with E-state index in [1.807, 2.05) is 0 Å². The van der Waals surface area contributed by atoms with Crippen LogP contribution in [0.1, 0.15) is 45.6 Å². The quantitative estimate of drug-likeness (QED) is 0.681. The molecule has 3 heteroatoms. The van der Waals surface area contributed by atoms with Gasteiger partial charge in [-0.15, -0.1) is 11.8 Å². The standard InChI is InChI=1S/C17H24N2S/c1-4-20-17-7-5-6-16(15(17)12-18)19(14-8-9-14)11-10-13(2)3/h5-7,13-14H,4,8-11H2,1-3H3. The summed E-state index contributed by atoms with van der Waals surface area (Å²) in [5.74, 6) is 1.71. The van der Waals surface area contributed by atoms with Gasteiger partial charge in [0.2, 0.25) is 0 Å². The van der Waals surface area contributed by atoms with Gasteiger partial charge in [-0.05, 0) is 43.1 Å². The molecule has 20 heavy (non-hydrogen) atoms. The van der Waals surface area contributed by atoms with E-state index in [-0.39, 0.29) is 0 Å². The number of anilines is 1. The van der Waals surface area contributed by atoms with Crippen molar-refractivity contribution in [1.29, 1.82) is 5.26 Å². The maximum absolute atomic E-state index is 9.56. The zero-order valence-corrected chi connectivity index (χ0v) is 13.5. The second kappa shape index (κ2) is 7.04. The van der Waals surface area contributed by atoms with Gasteiger partial charge < -0.3 is 4.90 Å². The van der Waals surface area contributed by atoms with E-state index in [9.17, 15) is 5.26 Å². The molecule has 1 saturated carbocycles. The van der Waals surface area contributed by atoms with Crippen LogP contribution in [-0.4, -0.2) is 18.3 Å². The molecule has 2 rings (SSSR count). The van der Waals surface area contributed by atoms with Gasteiger partial charge in [-0.1, -0.05) is 26.8 Å². The highest BCUT2D eigenvalue weighted by Gasteiger charge is 2.30. The SMILES string of the molecule is CCSc1cccc(N(CCC(C)C)C2CC2)c1C#N. The van der Waals surface area contributed by atoms with Crippen LogP contribution in [0.15, 0.2) is 23.1 Å². The summed E-state index contributed by atoms with van der Waals surface area (Å²) in [4.78, 5) is 3.60. The van der Waals surface area contributed by atoms with E-state index in [4.69, 9.17) is 0 Å². The zero-order chi connectivity index (χ0) is 14.5. The Bertz CT molecular complexity index is 486. The molecule has 2 nitrogen and oxygen atoms in total. The molecule has 1 aliphatic carbocycles. The Labute approximate surface area is 127 Å². The van der Waals surface area contributed by atoms with Crippen molar-refractivity contribution in [1.82, 2.24) is 0 Å². The lowest BCUT2D eigenvalue weighted by molar-refractivity contribution is 0.570. The van der Waals surface area contributed by atoms with Gasteiger partial charge in [-0.3, -0.25) is 0 Å². The van der Waals surface area contributed by atoms with Crippen molar-refractivity contribution in [3.05, 3.63) is 23.8 Å². The summed E-state index contributed by atoms with van der Waals surface area (Å²) >= 11 is 1.77. The first kappa shape index (κ1) is 15.3. The van der Waals surface area contributed by atoms with Crippen LogP contribution in [0.25, 0.3) is 0 Å². The molecular formula is C17H24N2S. The smallest absolute Gasteiger partial charge is 0.103 e. The summed E-state index contributed by atoms with van der Waals surface area (Å²) in [5, 5.41) is 9.56. The maximum atomic E-state index is 9.56. The fourth-order valence-electron chi connectivity index (χ4n) is 2.43. The van der Waals surface area contributed by atoms with Crippen LogP contribution >= 0.6 is 11.8 Å². The zero-order valence-electron chi connectivity index (χ0n) is 12.7.